The maximum atomic E-state index is 9.08. The van der Waals surface area contributed by atoms with Gasteiger partial charge < -0.3 is 15.3 Å². The molecule has 0 aliphatic heterocycles. The molecule has 1 unspecified atom stereocenters. The maximum Gasteiger partial charge on any atom is 0.0606 e. The third-order valence-electron chi connectivity index (χ3n) is 3.31. The summed E-state index contributed by atoms with van der Waals surface area (Å²) in [7, 11) is 1.93. The molecule has 2 rings (SSSR count). The van der Waals surface area contributed by atoms with Crippen molar-refractivity contribution in [1.29, 1.82) is 0 Å². The summed E-state index contributed by atoms with van der Waals surface area (Å²) in [6.45, 7) is 2.99. The summed E-state index contributed by atoms with van der Waals surface area (Å²) in [6, 6.07) is 5.04. The number of aliphatic hydroxyl groups excluding tert-OH is 1. The van der Waals surface area contributed by atoms with Crippen LogP contribution in [0.2, 0.25) is 0 Å². The van der Waals surface area contributed by atoms with Crippen LogP contribution in [0.3, 0.4) is 0 Å². The van der Waals surface area contributed by atoms with Crippen LogP contribution >= 0.6 is 0 Å². The second-order valence-corrected chi connectivity index (χ2v) is 4.60. The van der Waals surface area contributed by atoms with Crippen molar-refractivity contribution in [2.75, 3.05) is 25.1 Å². The second kappa shape index (κ2) is 5.47. The number of pyridine rings is 1. The predicted molar refractivity (Wildman–Crippen MR) is 69.2 cm³/mol. The maximum absolute atomic E-state index is 9.08. The van der Waals surface area contributed by atoms with Crippen molar-refractivity contribution in [3.8, 4) is 0 Å². The smallest absolute Gasteiger partial charge is 0.0606 e. The van der Waals surface area contributed by atoms with E-state index in [-0.39, 0.29) is 12.6 Å². The number of hydrogen-bond acceptors (Lipinski definition) is 4. The average molecular weight is 235 g/mol. The van der Waals surface area contributed by atoms with Crippen molar-refractivity contribution >= 4 is 5.69 Å². The van der Waals surface area contributed by atoms with Crippen LogP contribution in [0, 0.1) is 0 Å². The molecule has 0 radical (unpaired) electrons. The summed E-state index contributed by atoms with van der Waals surface area (Å²) in [5.74, 6) is 0. The molecule has 4 heteroatoms. The van der Waals surface area contributed by atoms with Crippen molar-refractivity contribution in [2.24, 2.45) is 0 Å². The third-order valence-corrected chi connectivity index (χ3v) is 3.31. The van der Waals surface area contributed by atoms with Crippen LogP contribution < -0.4 is 10.2 Å². The van der Waals surface area contributed by atoms with Gasteiger partial charge in [-0.2, -0.15) is 0 Å². The van der Waals surface area contributed by atoms with E-state index in [1.54, 1.807) is 0 Å². The summed E-state index contributed by atoms with van der Waals surface area (Å²) >= 11 is 0. The van der Waals surface area contributed by atoms with Crippen molar-refractivity contribution < 1.29 is 5.11 Å². The Hall–Kier alpha value is -1.13. The zero-order chi connectivity index (χ0) is 12.3. The van der Waals surface area contributed by atoms with E-state index in [9.17, 15) is 0 Å². The first-order chi connectivity index (χ1) is 8.26. The van der Waals surface area contributed by atoms with Crippen LogP contribution in [0.15, 0.2) is 18.3 Å². The first-order valence-electron chi connectivity index (χ1n) is 6.27. The normalized spacial score (nSPS) is 16.9. The fourth-order valence-corrected chi connectivity index (χ4v) is 1.99. The van der Waals surface area contributed by atoms with E-state index in [0.717, 1.165) is 11.4 Å². The Morgan fingerprint density at radius 3 is 2.76 bits per heavy atom. The molecule has 1 heterocycles. The van der Waals surface area contributed by atoms with E-state index < -0.39 is 0 Å². The Bertz CT molecular complexity index is 348. The molecule has 0 spiro atoms. The molecule has 1 fully saturated rings. The number of hydrogen-bond donors (Lipinski definition) is 2. The Kier molecular flexibility index (Phi) is 3.97. The van der Waals surface area contributed by atoms with E-state index in [1.807, 2.05) is 13.2 Å². The topological polar surface area (TPSA) is 48.4 Å². The molecule has 0 amide bonds. The van der Waals surface area contributed by atoms with Crippen molar-refractivity contribution in [2.45, 2.75) is 31.8 Å². The highest BCUT2D eigenvalue weighted by atomic mass is 16.3. The molecule has 1 aliphatic carbocycles. The highest BCUT2D eigenvalue weighted by molar-refractivity contribution is 5.47. The Morgan fingerprint density at radius 2 is 2.29 bits per heavy atom. The quantitative estimate of drug-likeness (QED) is 0.781. The van der Waals surface area contributed by atoms with Crippen LogP contribution in [0.25, 0.3) is 0 Å². The van der Waals surface area contributed by atoms with Gasteiger partial charge in [0.2, 0.25) is 0 Å². The second-order valence-electron chi connectivity index (χ2n) is 4.60. The van der Waals surface area contributed by atoms with Gasteiger partial charge in [-0.15, -0.1) is 0 Å². The number of nitrogens with zero attached hydrogens (tertiary/aromatic N) is 2. The molecule has 1 aliphatic rings. The molecule has 4 nitrogen and oxygen atoms in total. The lowest BCUT2D eigenvalue weighted by atomic mass is 10.2. The molecule has 94 valence electrons. The fourth-order valence-electron chi connectivity index (χ4n) is 1.99. The lowest BCUT2D eigenvalue weighted by Gasteiger charge is -2.23. The lowest BCUT2D eigenvalue weighted by molar-refractivity contribution is 0.301. The number of aromatic nitrogens is 1. The van der Waals surface area contributed by atoms with E-state index in [1.165, 1.54) is 12.8 Å². The van der Waals surface area contributed by atoms with Gasteiger partial charge in [-0.05, 0) is 38.9 Å². The van der Waals surface area contributed by atoms with E-state index in [2.05, 4.69) is 34.3 Å². The van der Waals surface area contributed by atoms with Gasteiger partial charge in [-0.25, -0.2) is 0 Å². The van der Waals surface area contributed by atoms with Crippen LogP contribution in [0.1, 0.15) is 31.5 Å². The average Bonchev–Trinajstić information content (AvgIpc) is 3.19. The van der Waals surface area contributed by atoms with Gasteiger partial charge in [0.05, 0.1) is 24.2 Å². The van der Waals surface area contributed by atoms with Gasteiger partial charge >= 0.3 is 0 Å². The minimum absolute atomic E-state index is 0.200. The molecule has 2 N–H and O–H groups in total. The Morgan fingerprint density at radius 1 is 1.53 bits per heavy atom. The van der Waals surface area contributed by atoms with Gasteiger partial charge in [0.1, 0.15) is 0 Å². The van der Waals surface area contributed by atoms with Crippen molar-refractivity contribution in [1.82, 2.24) is 10.3 Å². The molecule has 1 aromatic rings. The SMILES string of the molecule is CNC(C)c1ccc(N(CCO)C2CC2)cn1. The fraction of sp³-hybridized carbons (Fsp3) is 0.615. The number of aliphatic hydroxyl groups is 1. The molecular weight excluding hydrogens is 214 g/mol. The van der Waals surface area contributed by atoms with Gasteiger partial charge in [0, 0.05) is 18.6 Å². The molecule has 0 bridgehead atoms. The number of anilines is 1. The predicted octanol–water partition coefficient (Wildman–Crippen LogP) is 1.32. The van der Waals surface area contributed by atoms with Crippen molar-refractivity contribution in [3.63, 3.8) is 0 Å². The first kappa shape index (κ1) is 12.3. The summed E-state index contributed by atoms with van der Waals surface area (Å²) in [5, 5.41) is 12.3. The van der Waals surface area contributed by atoms with E-state index in [0.29, 0.717) is 12.6 Å². The molecule has 17 heavy (non-hydrogen) atoms. The molecule has 1 atom stereocenters. The lowest BCUT2D eigenvalue weighted by Crippen LogP contribution is -2.29. The minimum Gasteiger partial charge on any atom is -0.395 e. The minimum atomic E-state index is 0.200. The molecule has 1 aromatic heterocycles. The summed E-state index contributed by atoms with van der Waals surface area (Å²) in [4.78, 5) is 6.73. The monoisotopic (exact) mass is 235 g/mol. The van der Waals surface area contributed by atoms with Crippen molar-refractivity contribution in [3.05, 3.63) is 24.0 Å². The van der Waals surface area contributed by atoms with Crippen LogP contribution in [-0.2, 0) is 0 Å². The molecule has 0 saturated heterocycles. The van der Waals surface area contributed by atoms with Gasteiger partial charge in [0.25, 0.3) is 0 Å². The largest absolute Gasteiger partial charge is 0.395 e. The highest BCUT2D eigenvalue weighted by Crippen LogP contribution is 2.31. The van der Waals surface area contributed by atoms with Crippen LogP contribution in [0.5, 0.6) is 0 Å². The number of nitrogens with one attached hydrogen (secondary N) is 1. The van der Waals surface area contributed by atoms with E-state index in [4.69, 9.17) is 5.11 Å². The van der Waals surface area contributed by atoms with Crippen LogP contribution in [0.4, 0.5) is 5.69 Å². The standard InChI is InChI=1S/C13H21N3O/c1-10(14-2)13-6-5-12(9-15-13)16(7-8-17)11-3-4-11/h5-6,9-11,14,17H,3-4,7-8H2,1-2H3. The molecule has 0 aromatic carbocycles. The van der Waals surface area contributed by atoms with Gasteiger partial charge in [-0.3, -0.25) is 4.98 Å². The zero-order valence-electron chi connectivity index (χ0n) is 10.6. The zero-order valence-corrected chi connectivity index (χ0v) is 10.6. The molecular formula is C13H21N3O. The molecule has 1 saturated carbocycles. The summed E-state index contributed by atoms with van der Waals surface area (Å²) in [6.07, 6.45) is 4.38. The summed E-state index contributed by atoms with van der Waals surface area (Å²) < 4.78 is 0. The first-order valence-corrected chi connectivity index (χ1v) is 6.27. The van der Waals surface area contributed by atoms with E-state index >= 15 is 0 Å². The van der Waals surface area contributed by atoms with Gasteiger partial charge in [-0.1, -0.05) is 0 Å². The highest BCUT2D eigenvalue weighted by Gasteiger charge is 2.28. The third kappa shape index (κ3) is 2.96. The van der Waals surface area contributed by atoms with Gasteiger partial charge in [0.15, 0.2) is 0 Å². The van der Waals surface area contributed by atoms with Crippen LogP contribution in [-0.4, -0.2) is 36.3 Å². The number of rotatable bonds is 6. The summed E-state index contributed by atoms with van der Waals surface area (Å²) in [5.41, 5.74) is 2.17. The Labute approximate surface area is 103 Å². The Balaban J connectivity index is 2.09.